The van der Waals surface area contributed by atoms with Gasteiger partial charge < -0.3 is 15.7 Å². The molecule has 0 radical (unpaired) electrons. The monoisotopic (exact) mass is 375 g/mol. The Morgan fingerprint density at radius 3 is 2.04 bits per heavy atom. The zero-order chi connectivity index (χ0) is 19.3. The molecule has 0 aliphatic heterocycles. The van der Waals surface area contributed by atoms with Gasteiger partial charge in [0.2, 0.25) is 0 Å². The third-order valence-corrected chi connectivity index (χ3v) is 4.21. The van der Waals surface area contributed by atoms with E-state index in [2.05, 4.69) is 15.6 Å². The van der Waals surface area contributed by atoms with Gasteiger partial charge in [0.25, 0.3) is 11.8 Å². The second kappa shape index (κ2) is 8.09. The van der Waals surface area contributed by atoms with Crippen LogP contribution in [-0.2, 0) is 6.54 Å². The lowest BCUT2D eigenvalue weighted by molar-refractivity contribution is 0.0690. The number of aromatic nitrogens is 1. The van der Waals surface area contributed by atoms with Gasteiger partial charge in [-0.3, -0.25) is 9.59 Å². The number of thiazole rings is 1. The first-order valence-electron chi connectivity index (χ1n) is 8.00. The molecular formula is C18H21N3O4S. The fourth-order valence-electron chi connectivity index (χ4n) is 1.97. The average molecular weight is 375 g/mol. The maximum Gasteiger partial charge on any atom is 0.355 e. The second-order valence-electron chi connectivity index (χ2n) is 6.94. The van der Waals surface area contributed by atoms with Gasteiger partial charge >= 0.3 is 5.97 Å². The molecular weight excluding hydrogens is 354 g/mol. The summed E-state index contributed by atoms with van der Waals surface area (Å²) in [7, 11) is 0. The molecule has 0 fully saturated rings. The molecule has 8 heteroatoms. The van der Waals surface area contributed by atoms with Crippen molar-refractivity contribution >= 4 is 29.1 Å². The quantitative estimate of drug-likeness (QED) is 0.719. The zero-order valence-electron chi connectivity index (χ0n) is 14.8. The Morgan fingerprint density at radius 1 is 1.04 bits per heavy atom. The van der Waals surface area contributed by atoms with Gasteiger partial charge in [0.1, 0.15) is 5.01 Å². The maximum atomic E-state index is 12.1. The van der Waals surface area contributed by atoms with Crippen molar-refractivity contribution < 1.29 is 19.5 Å². The van der Waals surface area contributed by atoms with Crippen LogP contribution >= 0.6 is 11.3 Å². The standard InChI is InChI=1S/C18H21N3O4S/c1-18(2,3)10-20-16(23)12-6-4-11(5-7-12)15(22)19-8-14-21-13(9-26-14)17(24)25/h4-7,9H,8,10H2,1-3H3,(H,19,22)(H,20,23)(H,24,25). The molecule has 0 saturated carbocycles. The number of carbonyl (C=O) groups excluding carboxylic acids is 2. The summed E-state index contributed by atoms with van der Waals surface area (Å²) in [6.07, 6.45) is 0. The molecule has 1 heterocycles. The van der Waals surface area contributed by atoms with E-state index in [1.807, 2.05) is 20.8 Å². The van der Waals surface area contributed by atoms with Crippen LogP contribution in [0.1, 0.15) is 57.0 Å². The van der Waals surface area contributed by atoms with E-state index < -0.39 is 5.97 Å². The Labute approximate surface area is 155 Å². The topological polar surface area (TPSA) is 108 Å². The number of hydrogen-bond donors (Lipinski definition) is 3. The number of benzene rings is 1. The first-order valence-corrected chi connectivity index (χ1v) is 8.88. The SMILES string of the molecule is CC(C)(C)CNC(=O)c1ccc(C(=O)NCc2nc(C(=O)O)cs2)cc1. The summed E-state index contributed by atoms with van der Waals surface area (Å²) < 4.78 is 0. The van der Waals surface area contributed by atoms with Crippen molar-refractivity contribution in [1.82, 2.24) is 15.6 Å². The largest absolute Gasteiger partial charge is 0.476 e. The van der Waals surface area contributed by atoms with Gasteiger partial charge in [-0.1, -0.05) is 20.8 Å². The van der Waals surface area contributed by atoms with E-state index in [-0.39, 0.29) is 29.5 Å². The summed E-state index contributed by atoms with van der Waals surface area (Å²) in [5, 5.41) is 16.3. The fourth-order valence-corrected chi connectivity index (χ4v) is 2.68. The van der Waals surface area contributed by atoms with Gasteiger partial charge in [-0.25, -0.2) is 9.78 Å². The second-order valence-corrected chi connectivity index (χ2v) is 7.88. The summed E-state index contributed by atoms with van der Waals surface area (Å²) in [4.78, 5) is 38.9. The van der Waals surface area contributed by atoms with Crippen LogP contribution in [0.4, 0.5) is 0 Å². The number of carboxylic acids is 1. The lowest BCUT2D eigenvalue weighted by Crippen LogP contribution is -2.32. The van der Waals surface area contributed by atoms with Crippen LogP contribution in [-0.4, -0.2) is 34.4 Å². The smallest absolute Gasteiger partial charge is 0.355 e. The Hall–Kier alpha value is -2.74. The van der Waals surface area contributed by atoms with Crippen LogP contribution in [0.2, 0.25) is 0 Å². The van der Waals surface area contributed by atoms with Crippen molar-refractivity contribution in [1.29, 1.82) is 0 Å². The van der Waals surface area contributed by atoms with Crippen molar-refractivity contribution in [3.63, 3.8) is 0 Å². The predicted molar refractivity (Wildman–Crippen MR) is 98.5 cm³/mol. The van der Waals surface area contributed by atoms with Gasteiger partial charge in [0, 0.05) is 23.1 Å². The maximum absolute atomic E-state index is 12.1. The Balaban J connectivity index is 1.91. The number of nitrogens with zero attached hydrogens (tertiary/aromatic N) is 1. The molecule has 0 spiro atoms. The van der Waals surface area contributed by atoms with Crippen LogP contribution in [0.5, 0.6) is 0 Å². The lowest BCUT2D eigenvalue weighted by Gasteiger charge is -2.18. The molecule has 0 saturated heterocycles. The number of nitrogens with one attached hydrogen (secondary N) is 2. The first kappa shape index (κ1) is 19.6. The van der Waals surface area contributed by atoms with Crippen LogP contribution in [0.3, 0.4) is 0 Å². The number of carbonyl (C=O) groups is 3. The van der Waals surface area contributed by atoms with Crippen LogP contribution in [0.15, 0.2) is 29.6 Å². The molecule has 0 aliphatic rings. The van der Waals surface area contributed by atoms with Gasteiger partial charge in [0.15, 0.2) is 5.69 Å². The highest BCUT2D eigenvalue weighted by Crippen LogP contribution is 2.12. The summed E-state index contributed by atoms with van der Waals surface area (Å²) in [6, 6.07) is 6.34. The molecule has 1 aromatic carbocycles. The molecule has 26 heavy (non-hydrogen) atoms. The van der Waals surface area contributed by atoms with Gasteiger partial charge in [0.05, 0.1) is 6.54 Å². The number of carboxylic acid groups (broad SMARTS) is 1. The predicted octanol–water partition coefficient (Wildman–Crippen LogP) is 2.55. The zero-order valence-corrected chi connectivity index (χ0v) is 15.6. The van der Waals surface area contributed by atoms with E-state index in [9.17, 15) is 14.4 Å². The number of rotatable bonds is 6. The van der Waals surface area contributed by atoms with Crippen molar-refractivity contribution in [3.05, 3.63) is 51.5 Å². The molecule has 0 aliphatic carbocycles. The summed E-state index contributed by atoms with van der Waals surface area (Å²) in [5.41, 5.74) is 0.848. The third kappa shape index (κ3) is 5.66. The minimum atomic E-state index is -1.10. The molecule has 1 aromatic heterocycles. The van der Waals surface area contributed by atoms with E-state index in [0.29, 0.717) is 22.7 Å². The van der Waals surface area contributed by atoms with Crippen molar-refractivity contribution in [2.24, 2.45) is 5.41 Å². The highest BCUT2D eigenvalue weighted by atomic mass is 32.1. The Morgan fingerprint density at radius 2 is 1.58 bits per heavy atom. The van der Waals surface area contributed by atoms with Crippen molar-refractivity contribution in [2.45, 2.75) is 27.3 Å². The van der Waals surface area contributed by atoms with Crippen molar-refractivity contribution in [2.75, 3.05) is 6.54 Å². The minimum Gasteiger partial charge on any atom is -0.476 e. The highest BCUT2D eigenvalue weighted by molar-refractivity contribution is 7.09. The summed E-state index contributed by atoms with van der Waals surface area (Å²) in [5.74, 6) is -1.60. The number of aromatic carboxylic acids is 1. The molecule has 2 rings (SSSR count). The van der Waals surface area contributed by atoms with Gasteiger partial charge in [-0.2, -0.15) is 0 Å². The number of hydrogen-bond acceptors (Lipinski definition) is 5. The normalized spacial score (nSPS) is 11.0. The molecule has 7 nitrogen and oxygen atoms in total. The lowest BCUT2D eigenvalue weighted by atomic mass is 9.97. The molecule has 2 amide bonds. The summed E-state index contributed by atoms with van der Waals surface area (Å²) >= 11 is 1.17. The van der Waals surface area contributed by atoms with E-state index >= 15 is 0 Å². The molecule has 2 aromatic rings. The van der Waals surface area contributed by atoms with Crippen molar-refractivity contribution in [3.8, 4) is 0 Å². The molecule has 138 valence electrons. The fraction of sp³-hybridized carbons (Fsp3) is 0.333. The molecule has 0 unspecified atom stereocenters. The van der Waals surface area contributed by atoms with Crippen LogP contribution < -0.4 is 10.6 Å². The van der Waals surface area contributed by atoms with Gasteiger partial charge in [-0.15, -0.1) is 11.3 Å². The van der Waals surface area contributed by atoms with E-state index in [1.54, 1.807) is 24.3 Å². The summed E-state index contributed by atoms with van der Waals surface area (Å²) in [6.45, 7) is 6.79. The minimum absolute atomic E-state index is 0.00812. The molecule has 0 bridgehead atoms. The third-order valence-electron chi connectivity index (χ3n) is 3.36. The molecule has 3 N–H and O–H groups in total. The van der Waals surface area contributed by atoms with E-state index in [0.717, 1.165) is 0 Å². The van der Waals surface area contributed by atoms with Crippen LogP contribution in [0.25, 0.3) is 0 Å². The highest BCUT2D eigenvalue weighted by Gasteiger charge is 2.14. The van der Waals surface area contributed by atoms with Crippen LogP contribution in [0, 0.1) is 5.41 Å². The molecule has 0 atom stereocenters. The number of amides is 2. The average Bonchev–Trinajstić information content (AvgIpc) is 3.06. The van der Waals surface area contributed by atoms with E-state index in [4.69, 9.17) is 5.11 Å². The van der Waals surface area contributed by atoms with E-state index in [1.165, 1.54) is 16.7 Å². The van der Waals surface area contributed by atoms with Gasteiger partial charge in [-0.05, 0) is 29.7 Å². The Kier molecular flexibility index (Phi) is 6.10. The Bertz CT molecular complexity index is 807. The first-order chi connectivity index (χ1) is 12.2.